The third kappa shape index (κ3) is 5.39. The molecule has 0 saturated heterocycles. The first-order chi connectivity index (χ1) is 9.49. The van der Waals surface area contributed by atoms with Crippen LogP contribution in [0.1, 0.15) is 27.2 Å². The van der Waals surface area contributed by atoms with Crippen molar-refractivity contribution >= 4 is 0 Å². The number of benzene rings is 1. The average Bonchev–Trinajstić information content (AvgIpc) is 2.41. The Balaban J connectivity index is 2.40. The van der Waals surface area contributed by atoms with Gasteiger partial charge in [0.15, 0.2) is 11.5 Å². The van der Waals surface area contributed by atoms with Gasteiger partial charge in [-0.15, -0.1) is 0 Å². The first-order valence-corrected chi connectivity index (χ1v) is 7.09. The number of aliphatic hydroxyl groups excluding tert-OH is 1. The van der Waals surface area contributed by atoms with Crippen molar-refractivity contribution in [3.63, 3.8) is 0 Å². The highest BCUT2D eigenvalue weighted by atomic mass is 16.5. The smallest absolute Gasteiger partial charge is 0.161 e. The molecule has 0 fully saturated rings. The van der Waals surface area contributed by atoms with Gasteiger partial charge in [-0.25, -0.2) is 0 Å². The van der Waals surface area contributed by atoms with Gasteiger partial charge < -0.3 is 19.9 Å². The summed E-state index contributed by atoms with van der Waals surface area (Å²) < 4.78 is 11.0. The number of ether oxygens (including phenoxy) is 2. The van der Waals surface area contributed by atoms with Gasteiger partial charge in [0.25, 0.3) is 0 Å². The maximum absolute atomic E-state index is 9.12. The minimum atomic E-state index is 0.118. The molecule has 0 aliphatic rings. The van der Waals surface area contributed by atoms with Gasteiger partial charge in [-0.2, -0.15) is 0 Å². The fourth-order valence-electron chi connectivity index (χ4n) is 2.10. The summed E-state index contributed by atoms with van der Waals surface area (Å²) in [5.74, 6) is 1.50. The van der Waals surface area contributed by atoms with Crippen LogP contribution in [0.2, 0.25) is 0 Å². The van der Waals surface area contributed by atoms with Crippen LogP contribution in [-0.4, -0.2) is 38.0 Å². The highest BCUT2D eigenvalue weighted by molar-refractivity contribution is 5.39. The summed E-state index contributed by atoms with van der Waals surface area (Å²) in [6.07, 6.45) is 0.748. The van der Waals surface area contributed by atoms with Crippen molar-refractivity contribution in [3.8, 4) is 11.5 Å². The molecule has 0 aliphatic carbocycles. The fourth-order valence-corrected chi connectivity index (χ4v) is 2.10. The maximum Gasteiger partial charge on any atom is 0.161 e. The van der Waals surface area contributed by atoms with E-state index in [1.54, 1.807) is 7.11 Å². The number of rotatable bonds is 8. The predicted molar refractivity (Wildman–Crippen MR) is 81.4 cm³/mol. The predicted octanol–water partition coefficient (Wildman–Crippen LogP) is 2.46. The lowest BCUT2D eigenvalue weighted by Gasteiger charge is -2.31. The van der Waals surface area contributed by atoms with E-state index in [0.29, 0.717) is 6.61 Å². The number of nitrogens with one attached hydrogen (secondary N) is 1. The van der Waals surface area contributed by atoms with E-state index in [-0.39, 0.29) is 18.1 Å². The van der Waals surface area contributed by atoms with Crippen molar-refractivity contribution in [3.05, 3.63) is 24.3 Å². The van der Waals surface area contributed by atoms with Crippen LogP contribution in [0.4, 0.5) is 0 Å². The lowest BCUT2D eigenvalue weighted by atomic mass is 9.85. The molecular formula is C16H27NO3. The summed E-state index contributed by atoms with van der Waals surface area (Å²) in [5, 5.41) is 12.6. The fraction of sp³-hybridized carbons (Fsp3) is 0.625. The molecule has 0 bridgehead atoms. The average molecular weight is 281 g/mol. The van der Waals surface area contributed by atoms with E-state index in [0.717, 1.165) is 24.5 Å². The van der Waals surface area contributed by atoms with E-state index < -0.39 is 0 Å². The zero-order valence-corrected chi connectivity index (χ0v) is 13.0. The van der Waals surface area contributed by atoms with Gasteiger partial charge >= 0.3 is 0 Å². The van der Waals surface area contributed by atoms with Crippen LogP contribution >= 0.6 is 0 Å². The second-order valence-electron chi connectivity index (χ2n) is 5.88. The van der Waals surface area contributed by atoms with Crippen LogP contribution in [0.5, 0.6) is 11.5 Å². The van der Waals surface area contributed by atoms with E-state index >= 15 is 0 Å². The largest absolute Gasteiger partial charge is 0.493 e. The second-order valence-corrected chi connectivity index (χ2v) is 5.88. The summed E-state index contributed by atoms with van der Waals surface area (Å²) in [4.78, 5) is 0. The monoisotopic (exact) mass is 281 g/mol. The standard InChI is InChI=1S/C16H27NO3/c1-16(2,3)15(9-11-18)17-10-12-20-14-8-6-5-7-13(14)19-4/h5-8,15,17-18H,9-12H2,1-4H3. The van der Waals surface area contributed by atoms with E-state index in [4.69, 9.17) is 14.6 Å². The summed E-state index contributed by atoms with van der Waals surface area (Å²) in [7, 11) is 1.64. The van der Waals surface area contributed by atoms with E-state index in [2.05, 4.69) is 26.1 Å². The van der Waals surface area contributed by atoms with Crippen molar-refractivity contribution in [2.75, 3.05) is 26.9 Å². The molecule has 1 aromatic carbocycles. The minimum Gasteiger partial charge on any atom is -0.493 e. The normalized spacial score (nSPS) is 13.1. The van der Waals surface area contributed by atoms with Gasteiger partial charge in [0.1, 0.15) is 6.61 Å². The van der Waals surface area contributed by atoms with Crippen LogP contribution in [0.3, 0.4) is 0 Å². The zero-order valence-electron chi connectivity index (χ0n) is 13.0. The third-order valence-electron chi connectivity index (χ3n) is 3.28. The van der Waals surface area contributed by atoms with Crippen LogP contribution in [0, 0.1) is 5.41 Å². The van der Waals surface area contributed by atoms with E-state index in [9.17, 15) is 0 Å². The molecule has 1 unspecified atom stereocenters. The van der Waals surface area contributed by atoms with Gasteiger partial charge in [-0.05, 0) is 24.0 Å². The van der Waals surface area contributed by atoms with Gasteiger partial charge in [0, 0.05) is 19.2 Å². The molecule has 2 N–H and O–H groups in total. The molecule has 4 nitrogen and oxygen atoms in total. The van der Waals surface area contributed by atoms with Crippen molar-refractivity contribution in [1.82, 2.24) is 5.32 Å². The Morgan fingerprint density at radius 2 is 1.85 bits per heavy atom. The SMILES string of the molecule is COc1ccccc1OCCNC(CCO)C(C)(C)C. The summed E-state index contributed by atoms with van der Waals surface area (Å²) in [5.41, 5.74) is 0.118. The van der Waals surface area contributed by atoms with Gasteiger partial charge in [-0.3, -0.25) is 0 Å². The molecule has 0 radical (unpaired) electrons. The Kier molecular flexibility index (Phi) is 6.82. The molecule has 4 heteroatoms. The van der Waals surface area contributed by atoms with E-state index in [1.165, 1.54) is 0 Å². The van der Waals surface area contributed by atoms with Gasteiger partial charge in [-0.1, -0.05) is 32.9 Å². The number of hydrogen-bond acceptors (Lipinski definition) is 4. The molecule has 20 heavy (non-hydrogen) atoms. The molecule has 0 aliphatic heterocycles. The highest BCUT2D eigenvalue weighted by Crippen LogP contribution is 2.25. The number of hydrogen-bond donors (Lipinski definition) is 2. The second kappa shape index (κ2) is 8.12. The van der Waals surface area contributed by atoms with Crippen molar-refractivity contribution < 1.29 is 14.6 Å². The van der Waals surface area contributed by atoms with Gasteiger partial charge in [0.05, 0.1) is 7.11 Å². The molecule has 1 aromatic rings. The molecular weight excluding hydrogens is 254 g/mol. The number of para-hydroxylation sites is 2. The Morgan fingerprint density at radius 3 is 2.40 bits per heavy atom. The number of aliphatic hydroxyl groups is 1. The molecule has 0 saturated carbocycles. The Hall–Kier alpha value is -1.26. The van der Waals surface area contributed by atoms with Crippen LogP contribution in [0.15, 0.2) is 24.3 Å². The Bertz CT molecular complexity index is 388. The lowest BCUT2D eigenvalue weighted by molar-refractivity contribution is 0.188. The van der Waals surface area contributed by atoms with Crippen LogP contribution < -0.4 is 14.8 Å². The molecule has 0 amide bonds. The lowest BCUT2D eigenvalue weighted by Crippen LogP contribution is -2.42. The molecule has 0 spiro atoms. The van der Waals surface area contributed by atoms with Gasteiger partial charge in [0.2, 0.25) is 0 Å². The maximum atomic E-state index is 9.12. The van der Waals surface area contributed by atoms with Crippen molar-refractivity contribution in [2.24, 2.45) is 5.41 Å². The third-order valence-corrected chi connectivity index (χ3v) is 3.28. The quantitative estimate of drug-likeness (QED) is 0.719. The van der Waals surface area contributed by atoms with Crippen molar-refractivity contribution in [1.29, 1.82) is 0 Å². The highest BCUT2D eigenvalue weighted by Gasteiger charge is 2.23. The first kappa shape index (κ1) is 16.8. The van der Waals surface area contributed by atoms with E-state index in [1.807, 2.05) is 24.3 Å². The Labute approximate surface area is 122 Å². The molecule has 1 atom stereocenters. The molecule has 0 aromatic heterocycles. The number of methoxy groups -OCH3 is 1. The first-order valence-electron chi connectivity index (χ1n) is 7.09. The minimum absolute atomic E-state index is 0.118. The van der Waals surface area contributed by atoms with Crippen LogP contribution in [0.25, 0.3) is 0 Å². The Morgan fingerprint density at radius 1 is 1.20 bits per heavy atom. The van der Waals surface area contributed by atoms with Crippen molar-refractivity contribution in [2.45, 2.75) is 33.2 Å². The van der Waals surface area contributed by atoms with Crippen LogP contribution in [-0.2, 0) is 0 Å². The zero-order chi connectivity index (χ0) is 15.0. The molecule has 1 rings (SSSR count). The summed E-state index contributed by atoms with van der Waals surface area (Å²) in [6.45, 7) is 8.00. The summed E-state index contributed by atoms with van der Waals surface area (Å²) in [6, 6.07) is 7.89. The topological polar surface area (TPSA) is 50.7 Å². The summed E-state index contributed by atoms with van der Waals surface area (Å²) >= 11 is 0. The molecule has 0 heterocycles. The molecule has 114 valence electrons.